The van der Waals surface area contributed by atoms with Gasteiger partial charge >= 0.3 is 11.9 Å². The molecule has 2 aliphatic rings. The molecule has 0 aliphatic carbocycles. The van der Waals surface area contributed by atoms with Crippen LogP contribution in [0, 0.1) is 11.3 Å². The molecule has 0 spiro atoms. The van der Waals surface area contributed by atoms with Gasteiger partial charge in [0.1, 0.15) is 19.0 Å². The second-order valence-electron chi connectivity index (χ2n) is 9.63. The first-order chi connectivity index (χ1) is 16.3. The molecular formula is C29H30O5. The van der Waals surface area contributed by atoms with Crippen LogP contribution in [0.3, 0.4) is 0 Å². The first-order valence-electron chi connectivity index (χ1n) is 11.7. The normalized spacial score (nSPS) is 17.1. The Morgan fingerprint density at radius 1 is 0.853 bits per heavy atom. The van der Waals surface area contributed by atoms with Crippen LogP contribution in [0.5, 0.6) is 0 Å². The zero-order valence-electron chi connectivity index (χ0n) is 19.9. The lowest BCUT2D eigenvalue weighted by molar-refractivity contribution is -0.137. The predicted molar refractivity (Wildman–Crippen MR) is 130 cm³/mol. The molecule has 4 rings (SSSR count). The van der Waals surface area contributed by atoms with Gasteiger partial charge in [-0.05, 0) is 42.7 Å². The Labute approximate surface area is 200 Å². The summed E-state index contributed by atoms with van der Waals surface area (Å²) >= 11 is 0. The molecule has 2 aromatic rings. The van der Waals surface area contributed by atoms with Crippen molar-refractivity contribution in [2.45, 2.75) is 40.0 Å². The van der Waals surface area contributed by atoms with E-state index < -0.39 is 5.41 Å². The fourth-order valence-electron chi connectivity index (χ4n) is 5.03. The van der Waals surface area contributed by atoms with E-state index in [9.17, 15) is 14.4 Å². The summed E-state index contributed by atoms with van der Waals surface area (Å²) in [6, 6.07) is 19.5. The molecule has 5 heteroatoms. The largest absolute Gasteiger partial charge is 0.457 e. The van der Waals surface area contributed by atoms with Crippen LogP contribution in [-0.4, -0.2) is 30.9 Å². The lowest BCUT2D eigenvalue weighted by Gasteiger charge is -2.29. The van der Waals surface area contributed by atoms with Gasteiger partial charge in [-0.3, -0.25) is 4.79 Å². The number of cyclic esters (lactones) is 2. The summed E-state index contributed by atoms with van der Waals surface area (Å²) in [6.45, 7) is 6.07. The van der Waals surface area contributed by atoms with E-state index in [0.717, 1.165) is 22.3 Å². The standard InChI is InChI=1S/C29H30O5/c1-19(30)22(14-15-23-24(17-33-27(23)31)20-10-6-4-7-11-20)16-29(2,3)26-25(18-34-28(26)32)21-12-8-5-9-13-21/h4-13,22H,14-18H2,1-3H3. The number of ether oxygens (including phenoxy) is 2. The van der Waals surface area contributed by atoms with E-state index in [1.54, 1.807) is 6.92 Å². The highest BCUT2D eigenvalue weighted by Gasteiger charge is 2.40. The summed E-state index contributed by atoms with van der Waals surface area (Å²) in [4.78, 5) is 37.8. The number of hydrogen-bond acceptors (Lipinski definition) is 5. The summed E-state index contributed by atoms with van der Waals surface area (Å²) in [7, 11) is 0. The molecule has 0 saturated heterocycles. The second-order valence-corrected chi connectivity index (χ2v) is 9.63. The summed E-state index contributed by atoms with van der Waals surface area (Å²) < 4.78 is 10.7. The van der Waals surface area contributed by atoms with Gasteiger partial charge < -0.3 is 9.47 Å². The molecule has 0 fully saturated rings. The SMILES string of the molecule is CC(=O)C(CCC1=C(c2ccccc2)COC1=O)CC(C)(C)C1=C(c2ccccc2)COC1=O. The van der Waals surface area contributed by atoms with Crippen LogP contribution >= 0.6 is 0 Å². The number of carbonyl (C=O) groups excluding carboxylic acids is 3. The lowest BCUT2D eigenvalue weighted by atomic mass is 9.72. The Hall–Kier alpha value is -3.47. The third-order valence-corrected chi connectivity index (χ3v) is 6.81. The lowest BCUT2D eigenvalue weighted by Crippen LogP contribution is -2.27. The molecule has 5 nitrogen and oxygen atoms in total. The molecule has 34 heavy (non-hydrogen) atoms. The van der Waals surface area contributed by atoms with Gasteiger partial charge in [-0.25, -0.2) is 9.59 Å². The van der Waals surface area contributed by atoms with E-state index >= 15 is 0 Å². The first kappa shape index (κ1) is 23.7. The number of esters is 2. The minimum Gasteiger partial charge on any atom is -0.457 e. The quantitative estimate of drug-likeness (QED) is 0.470. The zero-order chi connectivity index (χ0) is 24.3. The molecule has 0 radical (unpaired) electrons. The summed E-state index contributed by atoms with van der Waals surface area (Å²) in [5, 5.41) is 0. The Morgan fingerprint density at radius 3 is 1.97 bits per heavy atom. The van der Waals surface area contributed by atoms with Crippen LogP contribution in [0.25, 0.3) is 11.1 Å². The van der Waals surface area contributed by atoms with Crippen LogP contribution in [-0.2, 0) is 23.9 Å². The Balaban J connectivity index is 1.57. The number of ketones is 1. The van der Waals surface area contributed by atoms with E-state index in [0.29, 0.717) is 30.4 Å². The average Bonchev–Trinajstić information content (AvgIpc) is 3.40. The minimum absolute atomic E-state index is 0.0505. The van der Waals surface area contributed by atoms with Crippen molar-refractivity contribution in [2.75, 3.05) is 13.2 Å². The van der Waals surface area contributed by atoms with E-state index in [2.05, 4.69) is 0 Å². The molecule has 0 bridgehead atoms. The number of benzene rings is 2. The fraction of sp³-hybridized carbons (Fsp3) is 0.345. The van der Waals surface area contributed by atoms with Crippen molar-refractivity contribution >= 4 is 28.9 Å². The van der Waals surface area contributed by atoms with Gasteiger partial charge in [-0.1, -0.05) is 74.5 Å². The van der Waals surface area contributed by atoms with Gasteiger partial charge in [-0.15, -0.1) is 0 Å². The maximum atomic E-state index is 12.7. The molecule has 2 aromatic carbocycles. The molecular weight excluding hydrogens is 428 g/mol. The van der Waals surface area contributed by atoms with Crippen molar-refractivity contribution in [1.29, 1.82) is 0 Å². The van der Waals surface area contributed by atoms with Gasteiger partial charge in [0, 0.05) is 22.6 Å². The molecule has 0 N–H and O–H groups in total. The third-order valence-electron chi connectivity index (χ3n) is 6.81. The molecule has 0 saturated carbocycles. The van der Waals surface area contributed by atoms with Gasteiger partial charge in [0.25, 0.3) is 0 Å². The monoisotopic (exact) mass is 458 g/mol. The molecule has 1 atom stereocenters. The molecule has 176 valence electrons. The van der Waals surface area contributed by atoms with E-state index in [-0.39, 0.29) is 36.9 Å². The number of carbonyl (C=O) groups is 3. The average molecular weight is 459 g/mol. The van der Waals surface area contributed by atoms with Gasteiger partial charge in [0.2, 0.25) is 0 Å². The Kier molecular flexibility index (Phi) is 6.82. The van der Waals surface area contributed by atoms with Gasteiger partial charge in [0.05, 0.1) is 5.57 Å². The van der Waals surface area contributed by atoms with Crippen molar-refractivity contribution in [2.24, 2.45) is 11.3 Å². The van der Waals surface area contributed by atoms with Gasteiger partial charge in [-0.2, -0.15) is 0 Å². The van der Waals surface area contributed by atoms with E-state index in [1.165, 1.54) is 0 Å². The Morgan fingerprint density at radius 2 is 1.38 bits per heavy atom. The maximum absolute atomic E-state index is 12.7. The topological polar surface area (TPSA) is 69.7 Å². The van der Waals surface area contributed by atoms with Crippen LogP contribution in [0.15, 0.2) is 71.8 Å². The van der Waals surface area contributed by atoms with Crippen molar-refractivity contribution < 1.29 is 23.9 Å². The number of hydrogen-bond donors (Lipinski definition) is 0. The van der Waals surface area contributed by atoms with Crippen LogP contribution in [0.1, 0.15) is 51.2 Å². The van der Waals surface area contributed by atoms with Crippen molar-refractivity contribution in [3.63, 3.8) is 0 Å². The number of rotatable bonds is 9. The zero-order valence-corrected chi connectivity index (χ0v) is 19.9. The van der Waals surface area contributed by atoms with Gasteiger partial charge in [0.15, 0.2) is 0 Å². The van der Waals surface area contributed by atoms with Crippen molar-refractivity contribution in [3.8, 4) is 0 Å². The smallest absolute Gasteiger partial charge is 0.335 e. The highest BCUT2D eigenvalue weighted by molar-refractivity contribution is 6.03. The second kappa shape index (κ2) is 9.80. The fourth-order valence-corrected chi connectivity index (χ4v) is 5.03. The molecule has 2 heterocycles. The summed E-state index contributed by atoms with van der Waals surface area (Å²) in [6.07, 6.45) is 1.47. The molecule has 0 aromatic heterocycles. The van der Waals surface area contributed by atoms with Crippen LogP contribution in [0.4, 0.5) is 0 Å². The summed E-state index contributed by atoms with van der Waals surface area (Å²) in [5.74, 6) is -0.881. The molecule has 1 unspecified atom stereocenters. The third kappa shape index (κ3) is 4.89. The first-order valence-corrected chi connectivity index (χ1v) is 11.7. The Bertz CT molecular complexity index is 1160. The highest BCUT2D eigenvalue weighted by Crippen LogP contribution is 2.43. The van der Waals surface area contributed by atoms with E-state index in [4.69, 9.17) is 9.47 Å². The predicted octanol–water partition coefficient (Wildman–Crippen LogP) is 5.41. The maximum Gasteiger partial charge on any atom is 0.335 e. The van der Waals surface area contributed by atoms with Crippen LogP contribution < -0.4 is 0 Å². The summed E-state index contributed by atoms with van der Waals surface area (Å²) in [5.41, 5.74) is 4.40. The highest BCUT2D eigenvalue weighted by atomic mass is 16.5. The number of Topliss-reactive ketones (excluding diaryl/α,β-unsaturated/α-hetero) is 1. The van der Waals surface area contributed by atoms with Crippen molar-refractivity contribution in [3.05, 3.63) is 82.9 Å². The van der Waals surface area contributed by atoms with E-state index in [1.807, 2.05) is 74.5 Å². The van der Waals surface area contributed by atoms with Crippen LogP contribution in [0.2, 0.25) is 0 Å². The molecule has 0 amide bonds. The molecule has 2 aliphatic heterocycles. The van der Waals surface area contributed by atoms with Crippen molar-refractivity contribution in [1.82, 2.24) is 0 Å². The minimum atomic E-state index is -0.568.